The molecule has 1 amide bonds. The van der Waals surface area contributed by atoms with Crippen molar-refractivity contribution < 1.29 is 4.79 Å². The number of hydrogen-bond donors (Lipinski definition) is 3. The van der Waals surface area contributed by atoms with Gasteiger partial charge in [0.25, 0.3) is 5.91 Å². The molecule has 2 aromatic carbocycles. The van der Waals surface area contributed by atoms with Crippen molar-refractivity contribution in [3.05, 3.63) is 54.1 Å². The maximum Gasteiger partial charge on any atom is 0.251 e. The van der Waals surface area contributed by atoms with Crippen molar-refractivity contribution in [2.45, 2.75) is 34.7 Å². The topological polar surface area (TPSA) is 67.2 Å². The molecular weight excluding hydrogens is 318 g/mol. The van der Waals surface area contributed by atoms with Gasteiger partial charge in [0, 0.05) is 39.7 Å². The lowest BCUT2D eigenvalue weighted by Crippen LogP contribution is -2.44. The second-order valence-electron chi connectivity index (χ2n) is 6.61. The van der Waals surface area contributed by atoms with Crippen LogP contribution in [0.5, 0.6) is 0 Å². The lowest BCUT2D eigenvalue weighted by molar-refractivity contribution is 0.0925. The van der Waals surface area contributed by atoms with Crippen LogP contribution < -0.4 is 16.4 Å². The van der Waals surface area contributed by atoms with E-state index in [2.05, 4.69) is 10.6 Å². The highest BCUT2D eigenvalue weighted by Crippen LogP contribution is 2.32. The van der Waals surface area contributed by atoms with E-state index >= 15 is 0 Å². The second-order valence-corrected chi connectivity index (χ2v) is 7.76. The number of piperidine rings is 1. The summed E-state index contributed by atoms with van der Waals surface area (Å²) in [7, 11) is 0. The molecule has 3 atom stereocenters. The number of carbonyl (C=O) groups excluding carboxylic acids is 1. The number of benzene rings is 2. The first-order valence-electron chi connectivity index (χ1n) is 8.35. The molecule has 3 unspecified atom stereocenters. The van der Waals surface area contributed by atoms with Crippen LogP contribution in [0.1, 0.15) is 23.2 Å². The predicted octanol–water partition coefficient (Wildman–Crippen LogP) is 2.90. The molecule has 2 aromatic rings. The quantitative estimate of drug-likeness (QED) is 0.749. The smallest absolute Gasteiger partial charge is 0.251 e. The number of amides is 1. The molecule has 1 heterocycles. The van der Waals surface area contributed by atoms with Gasteiger partial charge in [-0.05, 0) is 67.3 Å². The van der Waals surface area contributed by atoms with Crippen LogP contribution in [0, 0.1) is 5.92 Å². The third kappa shape index (κ3) is 3.28. The molecule has 4 nitrogen and oxygen atoms in total. The standard InChI is InChI=1S/C19H21N3OS/c20-14-3-7-17(8-4-14)24-16-5-1-12(2-6-16)19(23)22-18-10-15-9-13(18)11-21-15/h1-8,13,15,18,21H,9-11,20H2,(H,22,23). The zero-order valence-corrected chi connectivity index (χ0v) is 14.2. The van der Waals surface area contributed by atoms with Gasteiger partial charge in [-0.1, -0.05) is 11.8 Å². The number of carbonyl (C=O) groups is 1. The van der Waals surface area contributed by atoms with Crippen LogP contribution in [0.4, 0.5) is 5.69 Å². The monoisotopic (exact) mass is 339 g/mol. The first kappa shape index (κ1) is 15.5. The van der Waals surface area contributed by atoms with Gasteiger partial charge in [-0.15, -0.1) is 0 Å². The van der Waals surface area contributed by atoms with Crippen LogP contribution >= 0.6 is 11.8 Å². The fourth-order valence-corrected chi connectivity index (χ4v) is 4.43. The minimum atomic E-state index is 0.0385. The molecule has 2 fully saturated rings. The fraction of sp³-hybridized carbons (Fsp3) is 0.316. The van der Waals surface area contributed by atoms with Crippen molar-refractivity contribution in [1.29, 1.82) is 0 Å². The zero-order chi connectivity index (χ0) is 16.5. The summed E-state index contributed by atoms with van der Waals surface area (Å²) in [5.41, 5.74) is 7.20. The first-order chi connectivity index (χ1) is 11.7. The Morgan fingerprint density at radius 1 is 1.04 bits per heavy atom. The summed E-state index contributed by atoms with van der Waals surface area (Å²) in [6, 6.07) is 16.5. The Morgan fingerprint density at radius 3 is 2.29 bits per heavy atom. The van der Waals surface area contributed by atoms with Gasteiger partial charge in [-0.2, -0.15) is 0 Å². The molecule has 0 radical (unpaired) electrons. The van der Waals surface area contributed by atoms with E-state index in [1.165, 1.54) is 6.42 Å². The number of fused-ring (bicyclic) bond motifs is 2. The molecule has 4 N–H and O–H groups in total. The maximum absolute atomic E-state index is 12.4. The van der Waals surface area contributed by atoms with E-state index in [0.717, 1.165) is 34.0 Å². The molecule has 5 heteroatoms. The molecule has 1 saturated heterocycles. The lowest BCUT2D eigenvalue weighted by atomic mass is 10.0. The highest BCUT2D eigenvalue weighted by molar-refractivity contribution is 7.99. The Morgan fingerprint density at radius 2 is 1.71 bits per heavy atom. The van der Waals surface area contributed by atoms with Crippen molar-refractivity contribution in [1.82, 2.24) is 10.6 Å². The van der Waals surface area contributed by atoms with Gasteiger partial charge in [0.05, 0.1) is 0 Å². The largest absolute Gasteiger partial charge is 0.399 e. The van der Waals surface area contributed by atoms with E-state index in [9.17, 15) is 4.79 Å². The van der Waals surface area contributed by atoms with Crippen LogP contribution in [-0.2, 0) is 0 Å². The average molecular weight is 339 g/mol. The summed E-state index contributed by atoms with van der Waals surface area (Å²) in [4.78, 5) is 14.7. The van der Waals surface area contributed by atoms with E-state index in [1.807, 2.05) is 48.5 Å². The van der Waals surface area contributed by atoms with Crippen LogP contribution in [0.3, 0.4) is 0 Å². The van der Waals surface area contributed by atoms with E-state index < -0.39 is 0 Å². The number of anilines is 1. The average Bonchev–Trinajstić information content (AvgIpc) is 3.20. The zero-order valence-electron chi connectivity index (χ0n) is 13.4. The van der Waals surface area contributed by atoms with Crippen molar-refractivity contribution >= 4 is 23.4 Å². The highest BCUT2D eigenvalue weighted by Gasteiger charge is 2.39. The second kappa shape index (κ2) is 6.49. The van der Waals surface area contributed by atoms with E-state index in [0.29, 0.717) is 18.0 Å². The molecular formula is C19H21N3OS. The SMILES string of the molecule is Nc1ccc(Sc2ccc(C(=O)NC3CC4CC3CN4)cc2)cc1. The molecule has 1 aliphatic heterocycles. The number of rotatable bonds is 4. The molecule has 124 valence electrons. The Kier molecular flexibility index (Phi) is 4.21. The highest BCUT2D eigenvalue weighted by atomic mass is 32.2. The third-order valence-corrected chi connectivity index (χ3v) is 5.93. The van der Waals surface area contributed by atoms with Crippen LogP contribution in [0.2, 0.25) is 0 Å². The Balaban J connectivity index is 1.38. The van der Waals surface area contributed by atoms with Gasteiger partial charge in [-0.25, -0.2) is 0 Å². The number of nitrogens with one attached hydrogen (secondary N) is 2. The van der Waals surface area contributed by atoms with Gasteiger partial charge in [0.15, 0.2) is 0 Å². The van der Waals surface area contributed by atoms with Gasteiger partial charge in [0.1, 0.15) is 0 Å². The van der Waals surface area contributed by atoms with Crippen LogP contribution in [-0.4, -0.2) is 24.5 Å². The minimum Gasteiger partial charge on any atom is -0.399 e. The predicted molar refractivity (Wildman–Crippen MR) is 97.2 cm³/mol. The van der Waals surface area contributed by atoms with Crippen LogP contribution in [0.15, 0.2) is 58.3 Å². The molecule has 2 bridgehead atoms. The van der Waals surface area contributed by atoms with Crippen molar-refractivity contribution in [2.75, 3.05) is 12.3 Å². The molecule has 2 aliphatic rings. The van der Waals surface area contributed by atoms with Gasteiger partial charge >= 0.3 is 0 Å². The third-order valence-electron chi connectivity index (χ3n) is 4.91. The van der Waals surface area contributed by atoms with Gasteiger partial charge < -0.3 is 16.4 Å². The normalized spacial score (nSPS) is 24.9. The van der Waals surface area contributed by atoms with Crippen molar-refractivity contribution in [2.24, 2.45) is 5.92 Å². The maximum atomic E-state index is 12.4. The molecule has 4 rings (SSSR count). The van der Waals surface area contributed by atoms with Crippen molar-refractivity contribution in [3.8, 4) is 0 Å². The summed E-state index contributed by atoms with van der Waals surface area (Å²) in [6.07, 6.45) is 2.25. The fourth-order valence-electron chi connectivity index (χ4n) is 3.61. The van der Waals surface area contributed by atoms with E-state index in [-0.39, 0.29) is 5.91 Å². The number of nitrogen functional groups attached to an aromatic ring is 1. The summed E-state index contributed by atoms with van der Waals surface area (Å²) < 4.78 is 0. The van der Waals surface area contributed by atoms with Gasteiger partial charge in [0.2, 0.25) is 0 Å². The lowest BCUT2D eigenvalue weighted by Gasteiger charge is -2.23. The first-order valence-corrected chi connectivity index (χ1v) is 9.17. The minimum absolute atomic E-state index is 0.0385. The summed E-state index contributed by atoms with van der Waals surface area (Å²) in [6.45, 7) is 1.03. The summed E-state index contributed by atoms with van der Waals surface area (Å²) in [5.74, 6) is 0.635. The molecule has 0 aromatic heterocycles. The summed E-state index contributed by atoms with van der Waals surface area (Å²) >= 11 is 1.66. The molecule has 0 spiro atoms. The Labute approximate surface area is 146 Å². The van der Waals surface area contributed by atoms with Gasteiger partial charge in [-0.3, -0.25) is 4.79 Å². The molecule has 1 saturated carbocycles. The van der Waals surface area contributed by atoms with Crippen LogP contribution in [0.25, 0.3) is 0 Å². The molecule has 24 heavy (non-hydrogen) atoms. The molecule has 1 aliphatic carbocycles. The number of hydrogen-bond acceptors (Lipinski definition) is 4. The Bertz CT molecular complexity index is 729. The summed E-state index contributed by atoms with van der Waals surface area (Å²) in [5, 5.41) is 6.67. The van der Waals surface area contributed by atoms with Crippen molar-refractivity contribution in [3.63, 3.8) is 0 Å². The van der Waals surface area contributed by atoms with E-state index in [1.54, 1.807) is 11.8 Å². The Hall–Kier alpha value is -1.98. The number of nitrogens with two attached hydrogens (primary N) is 1. The van der Waals surface area contributed by atoms with E-state index in [4.69, 9.17) is 5.73 Å².